The van der Waals surface area contributed by atoms with Crippen LogP contribution in [0.25, 0.3) is 21.5 Å². The smallest absolute Gasteiger partial charge is 0.871 e. The van der Waals surface area contributed by atoms with Crippen LogP contribution in [0.15, 0.2) is 127 Å². The molecule has 1 radical (unpaired) electrons. The molecule has 0 saturated heterocycles. The third-order valence-corrected chi connectivity index (χ3v) is 13.1. The Balaban J connectivity index is 0.000000320. The molecule has 0 bridgehead atoms. The fraction of sp³-hybridized carbons (Fsp3) is 0.158. The zero-order valence-corrected chi connectivity index (χ0v) is 39.9. The molecule has 24 heteroatoms. The van der Waals surface area contributed by atoms with Gasteiger partial charge in [-0.05, 0) is 47.2 Å². The average Bonchev–Trinajstić information content (AvgIpc) is 3.17. The minimum atomic E-state index is -3.64. The molecule has 0 unspecified atom stereocenters. The molecule has 0 saturated carbocycles. The van der Waals surface area contributed by atoms with Crippen LogP contribution >= 0.6 is 0 Å². The summed E-state index contributed by atoms with van der Waals surface area (Å²) in [4.78, 5) is -0.170. The molecule has 0 heterocycles. The summed E-state index contributed by atoms with van der Waals surface area (Å²) in [6.45, 7) is 2.94. The second kappa shape index (κ2) is 20.6. The zero-order valence-electron chi connectivity index (χ0n) is 33.4. The molecule has 0 atom stereocenters. The first kappa shape index (κ1) is 51.5. The van der Waals surface area contributed by atoms with E-state index < -0.39 is 62.7 Å². The van der Waals surface area contributed by atoms with Crippen molar-refractivity contribution in [1.29, 1.82) is 0 Å². The van der Waals surface area contributed by atoms with E-state index >= 15 is 0 Å². The quantitative estimate of drug-likeness (QED) is 0.132. The fourth-order valence-corrected chi connectivity index (χ4v) is 8.47. The maximum atomic E-state index is 12.4. The van der Waals surface area contributed by atoms with E-state index in [2.05, 4.69) is 29.9 Å². The first-order valence-corrected chi connectivity index (χ1v) is 24.4. The van der Waals surface area contributed by atoms with Crippen LogP contribution in [0.3, 0.4) is 0 Å². The fourth-order valence-electron chi connectivity index (χ4n) is 5.53. The molecule has 0 amide bonds. The van der Waals surface area contributed by atoms with Gasteiger partial charge in [-0.3, -0.25) is 9.44 Å². The zero-order chi connectivity index (χ0) is 44.2. The molecule has 18 nitrogen and oxygen atoms in total. The number of hydrogen-bond acceptors (Lipinski definition) is 16. The summed E-state index contributed by atoms with van der Waals surface area (Å²) in [5, 5.41) is 65.9. The van der Waals surface area contributed by atoms with Crippen molar-refractivity contribution in [1.82, 2.24) is 0 Å². The molecule has 0 aliphatic carbocycles. The van der Waals surface area contributed by atoms with Gasteiger partial charge >= 0.3 is 46.9 Å². The Morgan fingerprint density at radius 1 is 0.484 bits per heavy atom. The Labute approximate surface area is 390 Å². The van der Waals surface area contributed by atoms with Crippen molar-refractivity contribution >= 4 is 95.4 Å². The van der Waals surface area contributed by atoms with E-state index in [1.165, 1.54) is 62.4 Å². The molecular weight excluding hydrogens is 936 g/mol. The first-order valence-electron chi connectivity index (χ1n) is 17.4. The molecule has 0 fully saturated rings. The van der Waals surface area contributed by atoms with Crippen LogP contribution in [0, 0.1) is 0 Å². The summed E-state index contributed by atoms with van der Waals surface area (Å²) in [6, 6.07) is 21.7. The van der Waals surface area contributed by atoms with Gasteiger partial charge in [-0.25, -0.2) is 33.7 Å². The van der Waals surface area contributed by atoms with Crippen LogP contribution in [0.4, 0.5) is 34.1 Å². The second-order valence-electron chi connectivity index (χ2n) is 12.8. The standard InChI is InChI=1S/2C19H19N3O6S2.Cr.Na/c2*1-3-30(27,28)13-8-10-16(23)15(11-13)20-21-19-17(24)9-7-12-5-4-6-14(18(12)19)22-29(2,25)26;;/h2*4-11,22-24H,3H2,1-2H3;;/q;;+3;+1/p-4. The summed E-state index contributed by atoms with van der Waals surface area (Å²) in [5.74, 6) is -2.54. The second-order valence-corrected chi connectivity index (χ2v) is 20.9. The van der Waals surface area contributed by atoms with Crippen LogP contribution in [-0.4, -0.2) is 57.7 Å². The number of rotatable bonds is 12. The number of nitrogens with one attached hydrogen (secondary N) is 2. The van der Waals surface area contributed by atoms with E-state index in [1.807, 2.05) is 0 Å². The van der Waals surface area contributed by atoms with Crippen LogP contribution in [0.5, 0.6) is 23.0 Å². The van der Waals surface area contributed by atoms with Gasteiger partial charge in [0.05, 0.1) is 67.9 Å². The number of azo groups is 2. The topological polar surface area (TPSA) is 302 Å². The largest absolute Gasteiger partial charge is 3.00 e. The minimum Gasteiger partial charge on any atom is -0.871 e. The average molecular weight is 970 g/mol. The molecular formula is C38H34CrN6NaO12S4. The maximum absolute atomic E-state index is 12.4. The number of fused-ring (bicyclic) bond motifs is 2. The van der Waals surface area contributed by atoms with E-state index in [9.17, 15) is 54.1 Å². The number of nitrogens with zero attached hydrogens (tertiary/aromatic N) is 4. The Hall–Kier alpha value is -4.83. The van der Waals surface area contributed by atoms with Gasteiger partial charge in [0.25, 0.3) is 0 Å². The van der Waals surface area contributed by atoms with Crippen molar-refractivity contribution in [2.45, 2.75) is 23.6 Å². The number of sulfonamides is 2. The van der Waals surface area contributed by atoms with E-state index in [0.29, 0.717) is 10.8 Å². The Kier molecular flexibility index (Phi) is 17.1. The van der Waals surface area contributed by atoms with E-state index in [4.69, 9.17) is 0 Å². The van der Waals surface area contributed by atoms with Crippen molar-refractivity contribution in [3.63, 3.8) is 0 Å². The summed E-state index contributed by atoms with van der Waals surface area (Å²) in [7, 11) is -14.4. The number of sulfone groups is 2. The molecule has 6 aromatic rings. The first-order chi connectivity index (χ1) is 28.0. The molecule has 6 rings (SSSR count). The summed E-state index contributed by atoms with van der Waals surface area (Å²) < 4.78 is 99.6. The van der Waals surface area contributed by atoms with Gasteiger partial charge in [0, 0.05) is 10.8 Å². The number of anilines is 2. The van der Waals surface area contributed by atoms with Gasteiger partial charge in [0.1, 0.15) is 0 Å². The summed E-state index contributed by atoms with van der Waals surface area (Å²) in [6.07, 6.45) is 1.94. The van der Waals surface area contributed by atoms with Crippen molar-refractivity contribution < 1.29 is 101 Å². The van der Waals surface area contributed by atoms with Gasteiger partial charge in [-0.15, -0.1) is 0 Å². The van der Waals surface area contributed by atoms with Crippen molar-refractivity contribution in [3.8, 4) is 23.0 Å². The van der Waals surface area contributed by atoms with E-state index in [-0.39, 0.29) is 113 Å². The van der Waals surface area contributed by atoms with Gasteiger partial charge in [-0.2, -0.15) is 20.5 Å². The van der Waals surface area contributed by atoms with Crippen molar-refractivity contribution in [2.24, 2.45) is 20.5 Å². The molecule has 319 valence electrons. The predicted octanol–water partition coefficient (Wildman–Crippen LogP) is 2.14. The molecule has 0 spiro atoms. The van der Waals surface area contributed by atoms with E-state index in [1.54, 1.807) is 24.3 Å². The minimum absolute atomic E-state index is 0. The van der Waals surface area contributed by atoms with Crippen molar-refractivity contribution in [2.75, 3.05) is 33.5 Å². The predicted molar refractivity (Wildman–Crippen MR) is 219 cm³/mol. The van der Waals surface area contributed by atoms with Crippen LogP contribution in [-0.2, 0) is 57.1 Å². The van der Waals surface area contributed by atoms with E-state index in [0.717, 1.165) is 36.8 Å². The molecule has 0 aliphatic heterocycles. The SMILES string of the molecule is CCS(=O)(=O)c1ccc([O-])c(N=Nc2c([O-])ccc3cccc(NS(C)(=O)=O)c23)c1.CCS(=O)(=O)c1ccc([O-])c(N=Nc2c([O-])ccc3cccc(NS(C)(=O)=O)c23)c1.[Cr+3].[Na+]. The Morgan fingerprint density at radius 2 is 0.823 bits per heavy atom. The molecule has 62 heavy (non-hydrogen) atoms. The molecule has 2 N–H and O–H groups in total. The van der Waals surface area contributed by atoms with Crippen LogP contribution in [0.1, 0.15) is 13.8 Å². The van der Waals surface area contributed by atoms with Crippen molar-refractivity contribution in [3.05, 3.63) is 97.1 Å². The summed E-state index contributed by atoms with van der Waals surface area (Å²) in [5.41, 5.74) is -0.605. The van der Waals surface area contributed by atoms with Gasteiger partial charge in [0.2, 0.25) is 20.0 Å². The third-order valence-electron chi connectivity index (χ3n) is 8.41. The molecule has 0 aliphatic rings. The maximum Gasteiger partial charge on any atom is 3.00 e. The number of hydrogen-bond donors (Lipinski definition) is 2. The van der Waals surface area contributed by atoms with Crippen LogP contribution < -0.4 is 59.4 Å². The van der Waals surface area contributed by atoms with Gasteiger partial charge in [-0.1, -0.05) is 97.5 Å². The monoisotopic (exact) mass is 969 g/mol. The Bertz CT molecular complexity index is 2960. The molecule has 6 aromatic carbocycles. The number of benzene rings is 6. The normalized spacial score (nSPS) is 12.1. The Morgan fingerprint density at radius 3 is 1.15 bits per heavy atom. The van der Waals surface area contributed by atoms with Crippen LogP contribution in [0.2, 0.25) is 0 Å². The summed E-state index contributed by atoms with van der Waals surface area (Å²) >= 11 is 0. The van der Waals surface area contributed by atoms with Gasteiger partial charge < -0.3 is 20.4 Å². The third kappa shape index (κ3) is 12.6. The van der Waals surface area contributed by atoms with Gasteiger partial charge in [0.15, 0.2) is 19.7 Å². The molecule has 0 aromatic heterocycles.